The molecule has 0 spiro atoms. The molecule has 1 aromatic carbocycles. The number of carboxylic acid groups (broad SMARTS) is 1. The van der Waals surface area contributed by atoms with E-state index in [0.29, 0.717) is 39.3 Å². The fourth-order valence-electron chi connectivity index (χ4n) is 3.03. The van der Waals surface area contributed by atoms with Gasteiger partial charge in [0.1, 0.15) is 5.82 Å². The van der Waals surface area contributed by atoms with Crippen LogP contribution in [0.2, 0.25) is 0 Å². The van der Waals surface area contributed by atoms with Crippen molar-refractivity contribution in [2.45, 2.75) is 19.4 Å². The van der Waals surface area contributed by atoms with Gasteiger partial charge < -0.3 is 24.6 Å². The third kappa shape index (κ3) is 6.57. The van der Waals surface area contributed by atoms with E-state index in [-0.39, 0.29) is 30.2 Å². The Balaban J connectivity index is 1.94. The molecular weight excluding hydrogens is 357 g/mol. The lowest BCUT2D eigenvalue weighted by atomic mass is 9.86. The lowest BCUT2D eigenvalue weighted by Gasteiger charge is -2.27. The molecule has 1 amide bonds. The van der Waals surface area contributed by atoms with Gasteiger partial charge in [0.05, 0.1) is 25.7 Å². The number of carbonyl (C=O) groups is 2. The average Bonchev–Trinajstić information content (AvgIpc) is 2.67. The fraction of sp³-hybridized carbons (Fsp3) is 0.579. The van der Waals surface area contributed by atoms with Crippen LogP contribution in [0.15, 0.2) is 18.2 Å². The molecule has 0 saturated carbocycles. The fourth-order valence-corrected chi connectivity index (χ4v) is 3.03. The zero-order valence-electron chi connectivity index (χ0n) is 15.4. The lowest BCUT2D eigenvalue weighted by Crippen LogP contribution is -2.39. The molecule has 0 aliphatic carbocycles. The smallest absolute Gasteiger partial charge is 0.308 e. The van der Waals surface area contributed by atoms with Gasteiger partial charge in [-0.15, -0.1) is 0 Å². The molecule has 8 heteroatoms. The van der Waals surface area contributed by atoms with E-state index in [9.17, 15) is 19.1 Å². The topological polar surface area (TPSA) is 94.1 Å². The van der Waals surface area contributed by atoms with Crippen molar-refractivity contribution in [3.05, 3.63) is 35.1 Å². The summed E-state index contributed by atoms with van der Waals surface area (Å²) in [6.45, 7) is 1.83. The quantitative estimate of drug-likeness (QED) is 0.599. The molecule has 1 aliphatic heterocycles. The molecule has 2 N–H and O–H groups in total. The molecular formula is C19H26FNO6. The normalized spacial score (nSPS) is 16.1. The predicted octanol–water partition coefficient (Wildman–Crippen LogP) is 1.85. The van der Waals surface area contributed by atoms with Crippen LogP contribution in [0.1, 0.15) is 28.8 Å². The molecule has 1 saturated heterocycles. The number of nitrogens with one attached hydrogen (secondary N) is 1. The summed E-state index contributed by atoms with van der Waals surface area (Å²) in [5.41, 5.74) is 0.524. The largest absolute Gasteiger partial charge is 0.481 e. The third-order valence-electron chi connectivity index (χ3n) is 4.63. The van der Waals surface area contributed by atoms with Crippen LogP contribution in [0.5, 0.6) is 0 Å². The van der Waals surface area contributed by atoms with Crippen molar-refractivity contribution in [2.24, 2.45) is 11.8 Å². The van der Waals surface area contributed by atoms with E-state index in [1.165, 1.54) is 18.2 Å². The van der Waals surface area contributed by atoms with E-state index < -0.39 is 23.6 Å². The number of rotatable bonds is 10. The number of ether oxygens (including phenoxy) is 3. The van der Waals surface area contributed by atoms with Crippen LogP contribution >= 0.6 is 0 Å². The first-order valence-electron chi connectivity index (χ1n) is 8.96. The molecule has 0 radical (unpaired) electrons. The van der Waals surface area contributed by atoms with Gasteiger partial charge in [0, 0.05) is 38.0 Å². The Morgan fingerprint density at radius 3 is 2.74 bits per heavy atom. The zero-order chi connectivity index (χ0) is 19.6. The standard InChI is InChI=1S/C19H26FNO6/c1-25-8-9-27-12-15-10-14(2-3-17(15)20)18(22)21-11-16(19(23)24)13-4-6-26-7-5-13/h2-3,10,13,16H,4-9,11-12H2,1H3,(H,21,22)(H,23,24). The van der Waals surface area contributed by atoms with Crippen molar-refractivity contribution in [1.82, 2.24) is 5.32 Å². The average molecular weight is 383 g/mol. The Kier molecular flexibility index (Phi) is 8.63. The third-order valence-corrected chi connectivity index (χ3v) is 4.63. The van der Waals surface area contributed by atoms with Crippen LogP contribution < -0.4 is 5.32 Å². The van der Waals surface area contributed by atoms with E-state index in [2.05, 4.69) is 5.32 Å². The minimum Gasteiger partial charge on any atom is -0.481 e. The maximum absolute atomic E-state index is 13.9. The SMILES string of the molecule is COCCOCc1cc(C(=O)NCC(C(=O)O)C2CCOCC2)ccc1F. The second-order valence-corrected chi connectivity index (χ2v) is 6.46. The second kappa shape index (κ2) is 11.0. The van der Waals surface area contributed by atoms with Crippen molar-refractivity contribution in [1.29, 1.82) is 0 Å². The number of amides is 1. The number of aliphatic carboxylic acids is 1. The van der Waals surface area contributed by atoms with E-state index in [4.69, 9.17) is 14.2 Å². The van der Waals surface area contributed by atoms with Crippen molar-refractivity contribution >= 4 is 11.9 Å². The van der Waals surface area contributed by atoms with Crippen molar-refractivity contribution in [3.63, 3.8) is 0 Å². The molecule has 1 fully saturated rings. The number of carbonyl (C=O) groups excluding carboxylic acids is 1. The highest BCUT2D eigenvalue weighted by molar-refractivity contribution is 5.94. The molecule has 150 valence electrons. The number of hydrogen-bond acceptors (Lipinski definition) is 5. The predicted molar refractivity (Wildman–Crippen MR) is 94.9 cm³/mol. The highest BCUT2D eigenvalue weighted by Crippen LogP contribution is 2.24. The molecule has 2 rings (SSSR count). The molecule has 1 atom stereocenters. The summed E-state index contributed by atoms with van der Waals surface area (Å²) in [4.78, 5) is 23.9. The van der Waals surface area contributed by atoms with Crippen molar-refractivity contribution < 1.29 is 33.3 Å². The van der Waals surface area contributed by atoms with Gasteiger partial charge in [-0.1, -0.05) is 0 Å². The van der Waals surface area contributed by atoms with E-state index in [1.54, 1.807) is 7.11 Å². The van der Waals surface area contributed by atoms with Crippen molar-refractivity contribution in [2.75, 3.05) is 40.1 Å². The Bertz CT molecular complexity index is 633. The van der Waals surface area contributed by atoms with Gasteiger partial charge in [-0.25, -0.2) is 4.39 Å². The number of methoxy groups -OCH3 is 1. The number of hydrogen-bond donors (Lipinski definition) is 2. The number of halogens is 1. The van der Waals surface area contributed by atoms with Crippen LogP contribution in [-0.2, 0) is 25.6 Å². The minimum atomic E-state index is -0.937. The molecule has 1 aliphatic rings. The van der Waals surface area contributed by atoms with Gasteiger partial charge in [0.2, 0.25) is 0 Å². The molecule has 1 unspecified atom stereocenters. The zero-order valence-corrected chi connectivity index (χ0v) is 15.4. The highest BCUT2D eigenvalue weighted by Gasteiger charge is 2.30. The monoisotopic (exact) mass is 383 g/mol. The van der Waals surface area contributed by atoms with Gasteiger partial charge in [-0.2, -0.15) is 0 Å². The number of benzene rings is 1. The highest BCUT2D eigenvalue weighted by atomic mass is 19.1. The Labute approximate surface area is 157 Å². The van der Waals surface area contributed by atoms with Crippen LogP contribution in [-0.4, -0.2) is 57.1 Å². The summed E-state index contributed by atoms with van der Waals surface area (Å²) in [7, 11) is 1.54. The van der Waals surface area contributed by atoms with Gasteiger partial charge >= 0.3 is 5.97 Å². The summed E-state index contributed by atoms with van der Waals surface area (Å²) >= 11 is 0. The van der Waals surface area contributed by atoms with Gasteiger partial charge in [0.25, 0.3) is 5.91 Å². The maximum Gasteiger partial charge on any atom is 0.308 e. The molecule has 0 aromatic heterocycles. The summed E-state index contributed by atoms with van der Waals surface area (Å²) in [6.07, 6.45) is 1.32. The Morgan fingerprint density at radius 1 is 1.33 bits per heavy atom. The van der Waals surface area contributed by atoms with E-state index in [1.807, 2.05) is 0 Å². The molecule has 1 aromatic rings. The molecule has 7 nitrogen and oxygen atoms in total. The van der Waals surface area contributed by atoms with Crippen LogP contribution in [0, 0.1) is 17.7 Å². The van der Waals surface area contributed by atoms with E-state index in [0.717, 1.165) is 0 Å². The first-order valence-corrected chi connectivity index (χ1v) is 8.96. The van der Waals surface area contributed by atoms with Crippen LogP contribution in [0.4, 0.5) is 4.39 Å². The van der Waals surface area contributed by atoms with Gasteiger partial charge in [0.15, 0.2) is 0 Å². The Morgan fingerprint density at radius 2 is 2.07 bits per heavy atom. The summed E-state index contributed by atoms with van der Waals surface area (Å²) in [5.74, 6) is -2.54. The van der Waals surface area contributed by atoms with Gasteiger partial charge in [-0.3, -0.25) is 9.59 Å². The molecule has 0 bridgehead atoms. The molecule has 27 heavy (non-hydrogen) atoms. The summed E-state index contributed by atoms with van der Waals surface area (Å²) in [5, 5.41) is 12.1. The van der Waals surface area contributed by atoms with E-state index >= 15 is 0 Å². The minimum absolute atomic E-state index is 0.0237. The first kappa shape index (κ1) is 21.3. The lowest BCUT2D eigenvalue weighted by molar-refractivity contribution is -0.144. The second-order valence-electron chi connectivity index (χ2n) is 6.46. The first-order chi connectivity index (χ1) is 13.0. The summed E-state index contributed by atoms with van der Waals surface area (Å²) < 4.78 is 29.3. The number of carboxylic acids is 1. The Hall–Kier alpha value is -2.03. The summed E-state index contributed by atoms with van der Waals surface area (Å²) in [6, 6.07) is 3.99. The van der Waals surface area contributed by atoms with Crippen LogP contribution in [0.3, 0.4) is 0 Å². The molecule has 1 heterocycles. The maximum atomic E-state index is 13.9. The van der Waals surface area contributed by atoms with Crippen molar-refractivity contribution in [3.8, 4) is 0 Å². The van der Waals surface area contributed by atoms with Crippen LogP contribution in [0.25, 0.3) is 0 Å². The van der Waals surface area contributed by atoms with Gasteiger partial charge in [-0.05, 0) is 37.0 Å².